The van der Waals surface area contributed by atoms with Crippen molar-refractivity contribution in [2.75, 3.05) is 48.4 Å². The molecule has 0 radical (unpaired) electrons. The van der Waals surface area contributed by atoms with Crippen molar-refractivity contribution in [3.8, 4) is 0 Å². The van der Waals surface area contributed by atoms with Gasteiger partial charge in [-0.05, 0) is 68.5 Å². The highest BCUT2D eigenvalue weighted by molar-refractivity contribution is 7.98. The molecule has 0 bridgehead atoms. The molecule has 0 unspecified atom stereocenters. The predicted molar refractivity (Wildman–Crippen MR) is 145 cm³/mol. The summed E-state index contributed by atoms with van der Waals surface area (Å²) in [6.45, 7) is 4.58. The lowest BCUT2D eigenvalue weighted by Crippen LogP contribution is -2.49. The van der Waals surface area contributed by atoms with E-state index in [1.54, 1.807) is 28.8 Å². The minimum Gasteiger partial charge on any atom is -0.390 e. The number of thioether (sulfide) groups is 1. The van der Waals surface area contributed by atoms with Crippen LogP contribution >= 0.6 is 11.8 Å². The van der Waals surface area contributed by atoms with Crippen LogP contribution in [-0.2, 0) is 11.2 Å². The highest BCUT2D eigenvalue weighted by atomic mass is 32.2. The maximum atomic E-state index is 13.4. The third kappa shape index (κ3) is 8.26. The number of aliphatic hydroxyl groups is 1. The summed E-state index contributed by atoms with van der Waals surface area (Å²) in [5.41, 5.74) is 3.04. The molecule has 0 aliphatic carbocycles. The van der Waals surface area contributed by atoms with Crippen LogP contribution in [0.5, 0.6) is 0 Å². The first kappa shape index (κ1) is 27.0. The Bertz CT molecular complexity index is 957. The SMILES string of the molecule is CCNc1cc(C(=O)N[C@@H](Cc2ccccc2)[C@@H](O)CNCCCSC)cc(N2CCCC2=O)c1. The Hall–Kier alpha value is -2.55. The normalized spacial score (nSPS) is 15.2. The number of aliphatic hydroxyl groups excluding tert-OH is 1. The van der Waals surface area contributed by atoms with E-state index in [-0.39, 0.29) is 11.8 Å². The van der Waals surface area contributed by atoms with Crippen molar-refractivity contribution in [3.63, 3.8) is 0 Å². The zero-order chi connectivity index (χ0) is 25.0. The Morgan fingerprint density at radius 1 is 1.20 bits per heavy atom. The van der Waals surface area contributed by atoms with Crippen molar-refractivity contribution in [2.45, 2.75) is 44.8 Å². The van der Waals surface area contributed by atoms with Crippen LogP contribution in [-0.4, -0.2) is 67.3 Å². The molecule has 1 aliphatic rings. The standard InChI is InChI=1S/C27H38N4O3S/c1-3-29-22-16-21(17-23(18-22)31-13-7-11-26(31)33)27(34)30-24(15-20-9-5-4-6-10-20)25(32)19-28-12-8-14-35-2/h4-6,9-10,16-18,24-25,28-29,32H,3,7-8,11-15,19H2,1-2H3,(H,30,34)/t24-,25-/m0/s1. The van der Waals surface area contributed by atoms with Crippen LogP contribution in [0.1, 0.15) is 42.1 Å². The summed E-state index contributed by atoms with van der Waals surface area (Å²) in [5.74, 6) is 0.881. The zero-order valence-corrected chi connectivity index (χ0v) is 21.6. The van der Waals surface area contributed by atoms with Crippen LogP contribution in [0.2, 0.25) is 0 Å². The summed E-state index contributed by atoms with van der Waals surface area (Å²) >= 11 is 1.80. The number of hydrogen-bond acceptors (Lipinski definition) is 6. The molecule has 3 rings (SSSR count). The van der Waals surface area contributed by atoms with Gasteiger partial charge in [-0.15, -0.1) is 0 Å². The monoisotopic (exact) mass is 498 g/mol. The maximum absolute atomic E-state index is 13.4. The fourth-order valence-electron chi connectivity index (χ4n) is 4.26. The highest BCUT2D eigenvalue weighted by Crippen LogP contribution is 2.27. The number of nitrogens with one attached hydrogen (secondary N) is 3. The topological polar surface area (TPSA) is 93.7 Å². The Morgan fingerprint density at radius 2 is 2.00 bits per heavy atom. The van der Waals surface area contributed by atoms with Gasteiger partial charge in [0.1, 0.15) is 0 Å². The molecule has 2 aromatic carbocycles. The van der Waals surface area contributed by atoms with Crippen LogP contribution in [0.15, 0.2) is 48.5 Å². The molecule has 1 fully saturated rings. The summed E-state index contributed by atoms with van der Waals surface area (Å²) in [5, 5.41) is 20.6. The maximum Gasteiger partial charge on any atom is 0.251 e. The first-order valence-corrected chi connectivity index (χ1v) is 13.8. The van der Waals surface area contributed by atoms with E-state index in [1.807, 2.05) is 43.3 Å². The molecule has 0 saturated carbocycles. The fourth-order valence-corrected chi connectivity index (χ4v) is 4.70. The molecule has 1 heterocycles. The lowest BCUT2D eigenvalue weighted by Gasteiger charge is -2.25. The fraction of sp³-hybridized carbons (Fsp3) is 0.481. The average molecular weight is 499 g/mol. The first-order chi connectivity index (χ1) is 17.0. The van der Waals surface area contributed by atoms with Crippen molar-refractivity contribution in [3.05, 3.63) is 59.7 Å². The molecule has 35 heavy (non-hydrogen) atoms. The molecule has 1 saturated heterocycles. The van der Waals surface area contributed by atoms with Crippen molar-refractivity contribution in [1.29, 1.82) is 0 Å². The summed E-state index contributed by atoms with van der Waals surface area (Å²) < 4.78 is 0. The van der Waals surface area contributed by atoms with Crippen LogP contribution in [0.25, 0.3) is 0 Å². The van der Waals surface area contributed by atoms with Gasteiger partial charge in [0.05, 0.1) is 12.1 Å². The van der Waals surface area contributed by atoms with Gasteiger partial charge in [0.2, 0.25) is 5.91 Å². The Balaban J connectivity index is 1.77. The van der Waals surface area contributed by atoms with Gasteiger partial charge in [0.25, 0.3) is 5.91 Å². The van der Waals surface area contributed by atoms with E-state index in [4.69, 9.17) is 0 Å². The van der Waals surface area contributed by atoms with Gasteiger partial charge in [0.15, 0.2) is 0 Å². The van der Waals surface area contributed by atoms with Gasteiger partial charge in [-0.3, -0.25) is 9.59 Å². The molecule has 4 N–H and O–H groups in total. The largest absolute Gasteiger partial charge is 0.390 e. The lowest BCUT2D eigenvalue weighted by molar-refractivity contribution is -0.117. The highest BCUT2D eigenvalue weighted by Gasteiger charge is 2.25. The summed E-state index contributed by atoms with van der Waals surface area (Å²) in [4.78, 5) is 27.5. The Morgan fingerprint density at radius 3 is 2.69 bits per heavy atom. The summed E-state index contributed by atoms with van der Waals surface area (Å²) in [7, 11) is 0. The number of benzene rings is 2. The van der Waals surface area contributed by atoms with Crippen LogP contribution < -0.4 is 20.9 Å². The van der Waals surface area contributed by atoms with Crippen LogP contribution in [0.3, 0.4) is 0 Å². The molecule has 2 atom stereocenters. The third-order valence-electron chi connectivity index (χ3n) is 6.08. The quantitative estimate of drug-likeness (QED) is 0.299. The Kier molecular flexibility index (Phi) is 10.9. The molecule has 190 valence electrons. The van der Waals surface area contributed by atoms with Crippen molar-refractivity contribution >= 4 is 35.0 Å². The number of carbonyl (C=O) groups is 2. The second kappa shape index (κ2) is 14.1. The first-order valence-electron chi connectivity index (χ1n) is 12.4. The Labute approximate surface area is 213 Å². The average Bonchev–Trinajstić information content (AvgIpc) is 3.30. The summed E-state index contributed by atoms with van der Waals surface area (Å²) in [6, 6.07) is 14.9. The van der Waals surface area contributed by atoms with E-state index in [9.17, 15) is 14.7 Å². The van der Waals surface area contributed by atoms with E-state index in [1.165, 1.54) is 0 Å². The van der Waals surface area contributed by atoms with Gasteiger partial charge < -0.3 is 26.0 Å². The number of amides is 2. The van der Waals surface area contributed by atoms with Crippen molar-refractivity contribution in [2.24, 2.45) is 0 Å². The van der Waals surface area contributed by atoms with E-state index in [0.717, 1.165) is 42.1 Å². The number of anilines is 2. The van der Waals surface area contributed by atoms with Gasteiger partial charge in [-0.25, -0.2) is 0 Å². The number of rotatable bonds is 14. The molecule has 1 aliphatic heterocycles. The molecule has 2 amide bonds. The zero-order valence-electron chi connectivity index (χ0n) is 20.8. The minimum absolute atomic E-state index is 0.0786. The predicted octanol–water partition coefficient (Wildman–Crippen LogP) is 3.29. The minimum atomic E-state index is -0.745. The van der Waals surface area contributed by atoms with Gasteiger partial charge in [-0.2, -0.15) is 11.8 Å². The second-order valence-corrected chi connectivity index (χ2v) is 9.82. The molecular weight excluding hydrogens is 460 g/mol. The van der Waals surface area contributed by atoms with Crippen LogP contribution in [0.4, 0.5) is 11.4 Å². The number of hydrogen-bond donors (Lipinski definition) is 4. The van der Waals surface area contributed by atoms with E-state index in [0.29, 0.717) is 38.0 Å². The van der Waals surface area contributed by atoms with Crippen LogP contribution in [0, 0.1) is 0 Å². The lowest BCUT2D eigenvalue weighted by atomic mass is 10.00. The molecule has 2 aromatic rings. The second-order valence-electron chi connectivity index (χ2n) is 8.84. The van der Waals surface area contributed by atoms with Gasteiger partial charge in [0, 0.05) is 43.0 Å². The smallest absolute Gasteiger partial charge is 0.251 e. The van der Waals surface area contributed by atoms with E-state index < -0.39 is 12.1 Å². The number of carbonyl (C=O) groups excluding carboxylic acids is 2. The van der Waals surface area contributed by atoms with Gasteiger partial charge in [-0.1, -0.05) is 30.3 Å². The molecule has 7 nitrogen and oxygen atoms in total. The van der Waals surface area contributed by atoms with E-state index >= 15 is 0 Å². The van der Waals surface area contributed by atoms with Crippen molar-refractivity contribution in [1.82, 2.24) is 10.6 Å². The number of nitrogens with zero attached hydrogens (tertiary/aromatic N) is 1. The van der Waals surface area contributed by atoms with Gasteiger partial charge >= 0.3 is 0 Å². The van der Waals surface area contributed by atoms with E-state index in [2.05, 4.69) is 22.2 Å². The summed E-state index contributed by atoms with van der Waals surface area (Å²) in [6.07, 6.45) is 4.23. The molecule has 0 aromatic heterocycles. The third-order valence-corrected chi connectivity index (χ3v) is 6.78. The molecule has 8 heteroatoms. The van der Waals surface area contributed by atoms with Crippen molar-refractivity contribution < 1.29 is 14.7 Å². The molecular formula is C27H38N4O3S. The molecule has 0 spiro atoms.